The highest BCUT2D eigenvalue weighted by Gasteiger charge is 2.50. The minimum atomic E-state index is -4.12. The molecule has 0 aliphatic carbocycles. The van der Waals surface area contributed by atoms with Gasteiger partial charge >= 0.3 is 0 Å². The van der Waals surface area contributed by atoms with E-state index in [4.69, 9.17) is 11.6 Å². The van der Waals surface area contributed by atoms with Gasteiger partial charge in [0.2, 0.25) is 15.9 Å². The van der Waals surface area contributed by atoms with Crippen LogP contribution in [0.15, 0.2) is 83.8 Å². The number of sulfonamides is 1. The fraction of sp³-hybridized carbons (Fsp3) is 0.333. The highest BCUT2D eigenvalue weighted by Crippen LogP contribution is 2.40. The number of nitrogens with zero attached hydrogens (tertiary/aromatic N) is 1. The minimum Gasteiger partial charge on any atom is -0.382 e. The van der Waals surface area contributed by atoms with Crippen molar-refractivity contribution in [3.8, 4) is 0 Å². The number of thioether (sulfide) groups is 1. The van der Waals surface area contributed by atoms with Gasteiger partial charge in [0.15, 0.2) is 0 Å². The first-order chi connectivity index (χ1) is 19.4. The van der Waals surface area contributed by atoms with Crippen LogP contribution in [0.25, 0.3) is 0 Å². The van der Waals surface area contributed by atoms with Crippen LogP contribution in [0, 0.1) is 6.92 Å². The predicted octanol–water partition coefficient (Wildman–Crippen LogP) is 3.90. The number of aryl methyl sites for hydroxylation is 1. The number of hydrogen-bond acceptors (Lipinski definition) is 6. The van der Waals surface area contributed by atoms with Crippen molar-refractivity contribution >= 4 is 45.2 Å². The molecule has 0 unspecified atom stereocenters. The summed E-state index contributed by atoms with van der Waals surface area (Å²) in [7, 11) is -4.12. The number of aliphatic hydroxyl groups excluding tert-OH is 1. The van der Waals surface area contributed by atoms with E-state index in [2.05, 4.69) is 10.0 Å². The van der Waals surface area contributed by atoms with Crippen molar-refractivity contribution in [2.75, 3.05) is 5.88 Å². The van der Waals surface area contributed by atoms with Gasteiger partial charge in [-0.15, -0.1) is 11.8 Å². The second-order valence-corrected chi connectivity index (χ2v) is 14.3. The maximum atomic E-state index is 13.8. The van der Waals surface area contributed by atoms with Gasteiger partial charge in [0.25, 0.3) is 5.91 Å². The molecule has 3 aromatic carbocycles. The molecule has 3 aromatic rings. The molecule has 1 heterocycles. The first-order valence-corrected chi connectivity index (χ1v) is 16.0. The second-order valence-electron chi connectivity index (χ2n) is 10.5. The van der Waals surface area contributed by atoms with Crippen molar-refractivity contribution in [2.24, 2.45) is 0 Å². The summed E-state index contributed by atoms with van der Waals surface area (Å²) in [6, 6.07) is 20.2. The normalized spacial score (nSPS) is 18.1. The van der Waals surface area contributed by atoms with Crippen LogP contribution in [0.3, 0.4) is 0 Å². The Bertz CT molecular complexity index is 1480. The van der Waals surface area contributed by atoms with Crippen molar-refractivity contribution < 1.29 is 23.1 Å². The van der Waals surface area contributed by atoms with E-state index in [0.717, 1.165) is 16.7 Å². The molecular weight excluding hydrogens is 582 g/mol. The Labute approximate surface area is 250 Å². The lowest BCUT2D eigenvalue weighted by molar-refractivity contribution is -0.147. The molecule has 3 atom stereocenters. The Kier molecular flexibility index (Phi) is 9.81. The molecule has 0 aromatic heterocycles. The zero-order valence-electron chi connectivity index (χ0n) is 23.1. The molecule has 2 amide bonds. The molecule has 1 aliphatic heterocycles. The summed E-state index contributed by atoms with van der Waals surface area (Å²) >= 11 is 7.35. The van der Waals surface area contributed by atoms with Crippen molar-refractivity contribution in [3.63, 3.8) is 0 Å². The number of benzene rings is 3. The van der Waals surface area contributed by atoms with Gasteiger partial charge < -0.3 is 15.3 Å². The third-order valence-electron chi connectivity index (χ3n) is 7.15. The molecular formula is C30H34ClN3O5S2. The van der Waals surface area contributed by atoms with Crippen molar-refractivity contribution in [1.29, 1.82) is 0 Å². The van der Waals surface area contributed by atoms with E-state index in [1.807, 2.05) is 51.1 Å². The summed E-state index contributed by atoms with van der Waals surface area (Å²) in [5.74, 6) is -0.892. The van der Waals surface area contributed by atoms with Crippen LogP contribution in [0.1, 0.15) is 30.5 Å². The van der Waals surface area contributed by atoms with Crippen LogP contribution in [0.5, 0.6) is 0 Å². The number of hydrogen-bond donors (Lipinski definition) is 3. The molecule has 218 valence electrons. The molecule has 11 heteroatoms. The number of nitrogens with one attached hydrogen (secondary N) is 2. The van der Waals surface area contributed by atoms with Gasteiger partial charge in [0.1, 0.15) is 12.1 Å². The molecule has 0 radical (unpaired) electrons. The van der Waals surface area contributed by atoms with Gasteiger partial charge in [0.05, 0.1) is 16.8 Å². The Morgan fingerprint density at radius 1 is 1.05 bits per heavy atom. The topological polar surface area (TPSA) is 116 Å². The highest BCUT2D eigenvalue weighted by atomic mass is 35.5. The Morgan fingerprint density at radius 3 is 2.34 bits per heavy atom. The van der Waals surface area contributed by atoms with Crippen LogP contribution in [-0.2, 0) is 32.6 Å². The van der Waals surface area contributed by atoms with Gasteiger partial charge in [-0.3, -0.25) is 9.59 Å². The quantitative estimate of drug-likeness (QED) is 0.319. The number of carbonyl (C=O) groups excluding carboxylic acids is 2. The van der Waals surface area contributed by atoms with Gasteiger partial charge in [0, 0.05) is 16.3 Å². The molecule has 4 rings (SSSR count). The molecule has 1 saturated heterocycles. The minimum absolute atomic E-state index is 0.0501. The first kappa shape index (κ1) is 31.1. The third-order valence-corrected chi connectivity index (χ3v) is 10.3. The first-order valence-electron chi connectivity index (χ1n) is 13.2. The largest absolute Gasteiger partial charge is 0.382 e. The van der Waals surface area contributed by atoms with Gasteiger partial charge in [-0.05, 0) is 68.1 Å². The van der Waals surface area contributed by atoms with Gasteiger partial charge in [-0.25, -0.2) is 13.1 Å². The number of aliphatic hydroxyl groups is 1. The van der Waals surface area contributed by atoms with Gasteiger partial charge in [-0.2, -0.15) is 0 Å². The molecule has 0 saturated carbocycles. The van der Waals surface area contributed by atoms with E-state index in [9.17, 15) is 23.1 Å². The number of carbonyl (C=O) groups is 2. The monoisotopic (exact) mass is 615 g/mol. The van der Waals surface area contributed by atoms with E-state index >= 15 is 0 Å². The van der Waals surface area contributed by atoms with Crippen LogP contribution in [0.4, 0.5) is 0 Å². The van der Waals surface area contributed by atoms with Crippen LogP contribution in [-0.4, -0.2) is 59.1 Å². The summed E-state index contributed by atoms with van der Waals surface area (Å²) in [6.07, 6.45) is -1.70. The zero-order chi connectivity index (χ0) is 29.8. The van der Waals surface area contributed by atoms with E-state index in [1.165, 1.54) is 40.9 Å². The molecule has 41 heavy (non-hydrogen) atoms. The molecule has 1 aliphatic rings. The maximum absolute atomic E-state index is 13.8. The van der Waals surface area contributed by atoms with E-state index in [0.29, 0.717) is 11.6 Å². The Morgan fingerprint density at radius 2 is 1.68 bits per heavy atom. The summed E-state index contributed by atoms with van der Waals surface area (Å²) in [5, 5.41) is 14.7. The lowest BCUT2D eigenvalue weighted by Crippen LogP contribution is -2.58. The van der Waals surface area contributed by atoms with Crippen molar-refractivity contribution in [3.05, 3.63) is 101 Å². The molecule has 3 N–H and O–H groups in total. The van der Waals surface area contributed by atoms with Gasteiger partial charge in [-0.1, -0.05) is 66.2 Å². The number of rotatable bonds is 10. The van der Waals surface area contributed by atoms with E-state index < -0.39 is 38.9 Å². The smallest absolute Gasteiger partial charge is 0.254 e. The van der Waals surface area contributed by atoms with Crippen LogP contribution < -0.4 is 10.0 Å². The molecule has 0 bridgehead atoms. The lowest BCUT2D eigenvalue weighted by Gasteiger charge is -2.33. The fourth-order valence-electron chi connectivity index (χ4n) is 4.81. The van der Waals surface area contributed by atoms with Crippen LogP contribution >= 0.6 is 23.4 Å². The summed E-state index contributed by atoms with van der Waals surface area (Å²) in [4.78, 5) is 28.6. The maximum Gasteiger partial charge on any atom is 0.254 e. The SMILES string of the molecule is Cc1ccccc1CNC(=O)[C@H]1N(C(=O)[C@@H](O)[C@H](Cc2ccccc2)NS(=O)(=O)c2ccc(Cl)cc2)CSC1(C)C. The fourth-order valence-corrected chi connectivity index (χ4v) is 7.32. The second kappa shape index (κ2) is 13.0. The highest BCUT2D eigenvalue weighted by molar-refractivity contribution is 8.00. The van der Waals surface area contributed by atoms with Crippen molar-refractivity contribution in [1.82, 2.24) is 14.9 Å². The van der Waals surface area contributed by atoms with E-state index in [-0.39, 0.29) is 23.1 Å². The predicted molar refractivity (Wildman–Crippen MR) is 162 cm³/mol. The molecule has 8 nitrogen and oxygen atoms in total. The Balaban J connectivity index is 1.57. The number of halogens is 1. The third kappa shape index (κ3) is 7.50. The Hall–Kier alpha value is -2.89. The summed E-state index contributed by atoms with van der Waals surface area (Å²) < 4.78 is 28.4. The summed E-state index contributed by atoms with van der Waals surface area (Å²) in [5.41, 5.74) is 2.72. The average molecular weight is 616 g/mol. The standard InChI is InChI=1S/C30H34ClN3O5S2/c1-20-9-7-8-12-22(20)18-32-28(36)27-30(2,3)40-19-34(27)29(37)26(35)25(17-21-10-5-4-6-11-21)33-41(38,39)24-15-13-23(31)14-16-24/h4-16,25-27,33,35H,17-19H2,1-3H3,(H,32,36)/t25-,26-,27+/m0/s1. The lowest BCUT2D eigenvalue weighted by atomic mass is 9.97. The number of amides is 2. The van der Waals surface area contributed by atoms with Crippen LogP contribution in [0.2, 0.25) is 5.02 Å². The van der Waals surface area contributed by atoms with E-state index in [1.54, 1.807) is 24.3 Å². The zero-order valence-corrected chi connectivity index (χ0v) is 25.5. The summed E-state index contributed by atoms with van der Waals surface area (Å²) in [6.45, 7) is 6.01. The van der Waals surface area contributed by atoms with Crippen molar-refractivity contribution in [2.45, 2.75) is 61.6 Å². The average Bonchev–Trinajstić information content (AvgIpc) is 3.26. The molecule has 0 spiro atoms. The molecule has 1 fully saturated rings.